The first-order chi connectivity index (χ1) is 15.8. The van der Waals surface area contributed by atoms with Crippen molar-refractivity contribution in [1.82, 2.24) is 4.90 Å². The highest BCUT2D eigenvalue weighted by Gasteiger charge is 2.26. The van der Waals surface area contributed by atoms with Crippen LogP contribution in [0.15, 0.2) is 47.6 Å². The van der Waals surface area contributed by atoms with E-state index in [9.17, 15) is 14.3 Å². The maximum atomic E-state index is 13.3. The predicted octanol–water partition coefficient (Wildman–Crippen LogP) is 4.83. The van der Waals surface area contributed by atoms with E-state index in [1.165, 1.54) is 12.1 Å². The Morgan fingerprint density at radius 2 is 2.03 bits per heavy atom. The Bertz CT molecular complexity index is 971. The van der Waals surface area contributed by atoms with Gasteiger partial charge in [-0.2, -0.15) is 0 Å². The molecule has 6 nitrogen and oxygen atoms in total. The molecule has 0 aromatic heterocycles. The third-order valence-electron chi connectivity index (χ3n) is 5.13. The molecule has 0 bridgehead atoms. The van der Waals surface area contributed by atoms with Crippen LogP contribution in [0, 0.1) is 5.82 Å². The van der Waals surface area contributed by atoms with E-state index in [1.54, 1.807) is 24.3 Å². The van der Waals surface area contributed by atoms with Crippen molar-refractivity contribution in [3.8, 4) is 0 Å². The molecule has 1 N–H and O–H groups in total. The van der Waals surface area contributed by atoms with Crippen LogP contribution < -0.4 is 0 Å². The highest BCUT2D eigenvalue weighted by molar-refractivity contribution is 6.42. The number of aliphatic hydroxyl groups excluding tert-OH is 1. The van der Waals surface area contributed by atoms with Crippen LogP contribution in [0.4, 0.5) is 4.39 Å². The summed E-state index contributed by atoms with van der Waals surface area (Å²) in [7, 11) is 0. The third kappa shape index (κ3) is 7.96. The Kier molecular flexibility index (Phi) is 9.50. The first-order valence-electron chi connectivity index (χ1n) is 10.8. The molecule has 9 heteroatoms. The Hall–Kier alpha value is -2.19. The smallest absolute Gasteiger partial charge is 0.305 e. The maximum absolute atomic E-state index is 13.3. The van der Waals surface area contributed by atoms with Crippen LogP contribution in [-0.4, -0.2) is 53.6 Å². The van der Waals surface area contributed by atoms with E-state index in [0.717, 1.165) is 16.8 Å². The molecule has 0 fully saturated rings. The molecule has 1 heterocycles. The van der Waals surface area contributed by atoms with Crippen molar-refractivity contribution in [2.24, 2.45) is 5.16 Å². The molecule has 178 valence electrons. The van der Waals surface area contributed by atoms with Crippen molar-refractivity contribution in [2.45, 2.75) is 44.9 Å². The van der Waals surface area contributed by atoms with Gasteiger partial charge in [-0.05, 0) is 36.2 Å². The van der Waals surface area contributed by atoms with Gasteiger partial charge >= 0.3 is 5.97 Å². The number of ether oxygens (including phenoxy) is 1. The van der Waals surface area contributed by atoms with Crippen LogP contribution in [0.2, 0.25) is 10.0 Å². The van der Waals surface area contributed by atoms with Gasteiger partial charge in [-0.25, -0.2) is 4.39 Å². The van der Waals surface area contributed by atoms with Crippen LogP contribution in [0.1, 0.15) is 37.3 Å². The minimum Gasteiger partial charge on any atom is -0.463 e. The number of carbonyl (C=O) groups excluding carboxylic acids is 1. The van der Waals surface area contributed by atoms with E-state index in [-0.39, 0.29) is 31.0 Å². The molecule has 2 atom stereocenters. The number of aliphatic hydroxyl groups is 1. The summed E-state index contributed by atoms with van der Waals surface area (Å²) in [6, 6.07) is 11.5. The topological polar surface area (TPSA) is 71.4 Å². The number of oxime groups is 1. The van der Waals surface area contributed by atoms with Gasteiger partial charge < -0.3 is 14.7 Å². The number of nitrogens with zero attached hydrogens (tertiary/aromatic N) is 2. The maximum Gasteiger partial charge on any atom is 0.305 e. The van der Waals surface area contributed by atoms with E-state index in [0.29, 0.717) is 42.4 Å². The van der Waals surface area contributed by atoms with Crippen molar-refractivity contribution in [1.29, 1.82) is 0 Å². The Balaban J connectivity index is 1.61. The second kappa shape index (κ2) is 12.3. The van der Waals surface area contributed by atoms with E-state index in [2.05, 4.69) is 5.16 Å². The molecule has 0 aliphatic carbocycles. The molecular weight excluding hydrogens is 470 g/mol. The van der Waals surface area contributed by atoms with Crippen molar-refractivity contribution in [3.63, 3.8) is 0 Å². The van der Waals surface area contributed by atoms with E-state index in [1.807, 2.05) is 17.9 Å². The van der Waals surface area contributed by atoms with Crippen LogP contribution >= 0.6 is 23.2 Å². The summed E-state index contributed by atoms with van der Waals surface area (Å²) < 4.78 is 18.4. The Morgan fingerprint density at radius 1 is 1.27 bits per heavy atom. The van der Waals surface area contributed by atoms with Gasteiger partial charge in [-0.3, -0.25) is 9.69 Å². The van der Waals surface area contributed by atoms with Gasteiger partial charge in [0, 0.05) is 38.0 Å². The summed E-state index contributed by atoms with van der Waals surface area (Å²) >= 11 is 12.1. The van der Waals surface area contributed by atoms with Gasteiger partial charge in [-0.15, -0.1) is 0 Å². The number of halogens is 3. The van der Waals surface area contributed by atoms with Crippen molar-refractivity contribution in [2.75, 3.05) is 19.7 Å². The summed E-state index contributed by atoms with van der Waals surface area (Å²) in [6.07, 6.45) is 0.440. The first-order valence-corrected chi connectivity index (χ1v) is 11.6. The highest BCUT2D eigenvalue weighted by Crippen LogP contribution is 2.26. The molecule has 2 aromatic rings. The minimum atomic E-state index is -0.872. The number of esters is 1. The first kappa shape index (κ1) is 25.4. The van der Waals surface area contributed by atoms with E-state index >= 15 is 0 Å². The zero-order chi connectivity index (χ0) is 23.8. The van der Waals surface area contributed by atoms with Crippen molar-refractivity contribution < 1.29 is 23.9 Å². The second-order valence-electron chi connectivity index (χ2n) is 8.01. The third-order valence-corrected chi connectivity index (χ3v) is 5.87. The molecule has 0 spiro atoms. The van der Waals surface area contributed by atoms with Crippen molar-refractivity contribution in [3.05, 3.63) is 69.5 Å². The number of hydrogen-bond acceptors (Lipinski definition) is 6. The average Bonchev–Trinajstić information content (AvgIpc) is 3.24. The molecule has 2 aromatic carbocycles. The predicted molar refractivity (Wildman–Crippen MR) is 126 cm³/mol. The fourth-order valence-electron chi connectivity index (χ4n) is 3.53. The van der Waals surface area contributed by atoms with Crippen LogP contribution in [-0.2, 0) is 20.9 Å². The van der Waals surface area contributed by atoms with E-state index < -0.39 is 6.10 Å². The molecule has 1 aliphatic heterocycles. The molecule has 0 unspecified atom stereocenters. The number of hydrogen-bond donors (Lipinski definition) is 1. The van der Waals surface area contributed by atoms with Gasteiger partial charge in [0.2, 0.25) is 0 Å². The Morgan fingerprint density at radius 3 is 2.73 bits per heavy atom. The fraction of sp³-hybridized carbons (Fsp3) is 0.417. The quantitative estimate of drug-likeness (QED) is 0.451. The lowest BCUT2D eigenvalue weighted by Crippen LogP contribution is -2.39. The summed E-state index contributed by atoms with van der Waals surface area (Å²) in [4.78, 5) is 19.2. The summed E-state index contributed by atoms with van der Waals surface area (Å²) in [5.74, 6) is -0.646. The van der Waals surface area contributed by atoms with Crippen LogP contribution in [0.5, 0.6) is 0 Å². The van der Waals surface area contributed by atoms with Crippen LogP contribution in [0.25, 0.3) is 0 Å². The lowest BCUT2D eigenvalue weighted by atomic mass is 10.0. The monoisotopic (exact) mass is 496 g/mol. The molecule has 33 heavy (non-hydrogen) atoms. The highest BCUT2D eigenvalue weighted by atomic mass is 35.5. The average molecular weight is 497 g/mol. The van der Waals surface area contributed by atoms with E-state index in [4.69, 9.17) is 32.8 Å². The minimum absolute atomic E-state index is 0.0880. The molecular formula is C24H27Cl2FN2O4. The molecule has 0 saturated carbocycles. The molecule has 1 aliphatic rings. The largest absolute Gasteiger partial charge is 0.463 e. The van der Waals surface area contributed by atoms with Gasteiger partial charge in [0.25, 0.3) is 0 Å². The molecule has 3 rings (SSSR count). The molecule has 0 amide bonds. The summed E-state index contributed by atoms with van der Waals surface area (Å²) in [6.45, 7) is 2.97. The van der Waals surface area contributed by atoms with Gasteiger partial charge in [-0.1, -0.05) is 53.5 Å². The fourth-order valence-corrected chi connectivity index (χ4v) is 3.83. The second-order valence-corrected chi connectivity index (χ2v) is 8.82. The van der Waals surface area contributed by atoms with Gasteiger partial charge in [0.05, 0.1) is 15.8 Å². The summed E-state index contributed by atoms with van der Waals surface area (Å²) in [5, 5.41) is 15.6. The van der Waals surface area contributed by atoms with Crippen molar-refractivity contribution >= 4 is 34.9 Å². The van der Waals surface area contributed by atoms with Gasteiger partial charge in [0.15, 0.2) is 0 Å². The summed E-state index contributed by atoms with van der Waals surface area (Å²) in [5.41, 5.74) is 2.48. The molecule has 0 saturated heterocycles. The van der Waals surface area contributed by atoms with Crippen LogP contribution in [0.3, 0.4) is 0 Å². The zero-order valence-corrected chi connectivity index (χ0v) is 19.9. The number of carbonyl (C=O) groups is 1. The zero-order valence-electron chi connectivity index (χ0n) is 18.3. The lowest BCUT2D eigenvalue weighted by molar-refractivity contribution is -0.147. The van der Waals surface area contributed by atoms with Gasteiger partial charge in [0.1, 0.15) is 24.6 Å². The normalized spacial score (nSPS) is 16.4. The lowest BCUT2D eigenvalue weighted by Gasteiger charge is -2.27. The number of benzene rings is 2. The Labute approximate surface area is 202 Å². The number of rotatable bonds is 11. The SMILES string of the molecule is CCCC(=O)OC[C@@H](O)CN(Cc1ccc(F)cc1)C[C@@H]1CC(c2ccc(Cl)c(Cl)c2)=NO1. The molecule has 0 radical (unpaired) electrons. The standard InChI is InChI=1S/C24H27Cl2FN2O4/c1-2-3-24(31)32-15-19(30)13-29(12-16-4-7-18(27)8-5-16)14-20-11-23(28-33-20)17-6-9-21(25)22(26)10-17/h4-10,19-20,30H,2-3,11-15H2,1H3/t19-,20-/m0/s1.